The van der Waals surface area contributed by atoms with Crippen molar-refractivity contribution in [2.75, 3.05) is 6.54 Å². The van der Waals surface area contributed by atoms with Crippen LogP contribution in [0.5, 0.6) is 0 Å². The fourth-order valence-corrected chi connectivity index (χ4v) is 3.96. The fraction of sp³-hybridized carbons (Fsp3) is 0.632. The van der Waals surface area contributed by atoms with Gasteiger partial charge in [0.05, 0.1) is 6.04 Å². The molecule has 1 aromatic rings. The molecule has 1 amide bonds. The van der Waals surface area contributed by atoms with Crippen LogP contribution in [-0.2, 0) is 10.2 Å². The second-order valence-electron chi connectivity index (χ2n) is 7.71. The standard InChI is InChI=1S/C19H27FN2O/c1-19(2,14-7-9-15(20)10-8-14)12-21-18(23)17-11-13-5-3-4-6-16(13)22-17/h7-10,13,16-17,22H,3-6,11-12H2,1-2H3,(H,21,23). The van der Waals surface area contributed by atoms with E-state index in [1.54, 1.807) is 12.1 Å². The van der Waals surface area contributed by atoms with Gasteiger partial charge in [0, 0.05) is 18.0 Å². The molecular weight excluding hydrogens is 291 g/mol. The molecule has 4 heteroatoms. The highest BCUT2D eigenvalue weighted by Gasteiger charge is 2.38. The Morgan fingerprint density at radius 1 is 1.26 bits per heavy atom. The van der Waals surface area contributed by atoms with Gasteiger partial charge in [-0.2, -0.15) is 0 Å². The Labute approximate surface area is 138 Å². The number of hydrogen-bond donors (Lipinski definition) is 2. The largest absolute Gasteiger partial charge is 0.354 e. The van der Waals surface area contributed by atoms with Crippen molar-refractivity contribution in [2.45, 2.75) is 63.5 Å². The number of rotatable bonds is 4. The number of hydrogen-bond acceptors (Lipinski definition) is 2. The molecule has 1 saturated heterocycles. The number of nitrogens with one attached hydrogen (secondary N) is 2. The second kappa shape index (κ2) is 6.60. The SMILES string of the molecule is CC(C)(CNC(=O)C1CC2CCCCC2N1)c1ccc(F)cc1. The van der Waals surface area contributed by atoms with Crippen molar-refractivity contribution >= 4 is 5.91 Å². The van der Waals surface area contributed by atoms with Gasteiger partial charge in [-0.15, -0.1) is 0 Å². The molecular formula is C19H27FN2O. The maximum atomic E-state index is 13.1. The number of halogens is 1. The maximum Gasteiger partial charge on any atom is 0.237 e. The minimum Gasteiger partial charge on any atom is -0.354 e. The molecule has 3 nitrogen and oxygen atoms in total. The molecule has 0 bridgehead atoms. The lowest BCUT2D eigenvalue weighted by atomic mass is 9.84. The van der Waals surface area contributed by atoms with Crippen molar-refractivity contribution in [1.82, 2.24) is 10.6 Å². The third-order valence-corrected chi connectivity index (χ3v) is 5.51. The first-order valence-electron chi connectivity index (χ1n) is 8.75. The highest BCUT2D eigenvalue weighted by atomic mass is 19.1. The summed E-state index contributed by atoms with van der Waals surface area (Å²) in [6, 6.07) is 7.02. The molecule has 2 N–H and O–H groups in total. The summed E-state index contributed by atoms with van der Waals surface area (Å²) in [5.74, 6) is 0.547. The Kier molecular flexibility index (Phi) is 4.72. The quantitative estimate of drug-likeness (QED) is 0.895. The third kappa shape index (κ3) is 3.74. The summed E-state index contributed by atoms with van der Waals surface area (Å²) in [6.45, 7) is 4.70. The third-order valence-electron chi connectivity index (χ3n) is 5.51. The van der Waals surface area contributed by atoms with Gasteiger partial charge in [0.1, 0.15) is 5.82 Å². The van der Waals surface area contributed by atoms with Crippen LogP contribution in [0.3, 0.4) is 0 Å². The molecule has 0 aromatic heterocycles. The highest BCUT2D eigenvalue weighted by Crippen LogP contribution is 2.33. The Morgan fingerprint density at radius 3 is 2.65 bits per heavy atom. The van der Waals surface area contributed by atoms with Gasteiger partial charge < -0.3 is 10.6 Å². The van der Waals surface area contributed by atoms with Gasteiger partial charge in [-0.25, -0.2) is 4.39 Å². The molecule has 0 spiro atoms. The van der Waals surface area contributed by atoms with E-state index in [-0.39, 0.29) is 23.2 Å². The van der Waals surface area contributed by atoms with Crippen molar-refractivity contribution < 1.29 is 9.18 Å². The lowest BCUT2D eigenvalue weighted by molar-refractivity contribution is -0.123. The summed E-state index contributed by atoms with van der Waals surface area (Å²) < 4.78 is 13.1. The Balaban J connectivity index is 1.55. The normalized spacial score (nSPS) is 27.5. The minimum absolute atomic E-state index is 0.0490. The van der Waals surface area contributed by atoms with Gasteiger partial charge >= 0.3 is 0 Å². The minimum atomic E-state index is -0.230. The van der Waals surface area contributed by atoms with E-state index in [4.69, 9.17) is 0 Å². The monoisotopic (exact) mass is 318 g/mol. The van der Waals surface area contributed by atoms with E-state index in [0.717, 1.165) is 12.0 Å². The van der Waals surface area contributed by atoms with Crippen molar-refractivity contribution in [1.29, 1.82) is 0 Å². The number of fused-ring (bicyclic) bond motifs is 1. The van der Waals surface area contributed by atoms with Crippen molar-refractivity contribution in [2.24, 2.45) is 5.92 Å². The van der Waals surface area contributed by atoms with Crippen LogP contribution in [-0.4, -0.2) is 24.5 Å². The number of amides is 1. The van der Waals surface area contributed by atoms with E-state index in [0.29, 0.717) is 18.5 Å². The van der Waals surface area contributed by atoms with Crippen LogP contribution in [0.1, 0.15) is 51.5 Å². The Hall–Kier alpha value is -1.42. The molecule has 1 saturated carbocycles. The zero-order valence-electron chi connectivity index (χ0n) is 14.1. The molecule has 3 rings (SSSR count). The molecule has 1 aromatic carbocycles. The molecule has 23 heavy (non-hydrogen) atoms. The summed E-state index contributed by atoms with van der Waals surface area (Å²) in [6.07, 6.45) is 6.00. The topological polar surface area (TPSA) is 41.1 Å². The predicted octanol–water partition coefficient (Wildman–Crippen LogP) is 3.14. The van der Waals surface area contributed by atoms with E-state index in [1.165, 1.54) is 37.8 Å². The molecule has 2 fully saturated rings. The van der Waals surface area contributed by atoms with Crippen molar-refractivity contribution in [3.8, 4) is 0 Å². The van der Waals surface area contributed by atoms with E-state index in [2.05, 4.69) is 24.5 Å². The smallest absolute Gasteiger partial charge is 0.237 e. The molecule has 2 aliphatic rings. The number of benzene rings is 1. The number of carbonyl (C=O) groups excluding carboxylic acids is 1. The first kappa shape index (κ1) is 16.4. The fourth-order valence-electron chi connectivity index (χ4n) is 3.96. The highest BCUT2D eigenvalue weighted by molar-refractivity contribution is 5.82. The van der Waals surface area contributed by atoms with Gasteiger partial charge in [-0.05, 0) is 42.9 Å². The van der Waals surface area contributed by atoms with Gasteiger partial charge in [-0.3, -0.25) is 4.79 Å². The molecule has 0 radical (unpaired) electrons. The van der Waals surface area contributed by atoms with Crippen LogP contribution in [0.2, 0.25) is 0 Å². The summed E-state index contributed by atoms with van der Waals surface area (Å²) in [4.78, 5) is 12.5. The van der Waals surface area contributed by atoms with E-state index in [1.807, 2.05) is 0 Å². The van der Waals surface area contributed by atoms with Crippen LogP contribution >= 0.6 is 0 Å². The molecule has 1 heterocycles. The van der Waals surface area contributed by atoms with Crippen LogP contribution in [0.4, 0.5) is 4.39 Å². The maximum absolute atomic E-state index is 13.1. The summed E-state index contributed by atoms with van der Waals surface area (Å²) in [5, 5.41) is 6.61. The van der Waals surface area contributed by atoms with Gasteiger partial charge in [-0.1, -0.05) is 38.8 Å². The lowest BCUT2D eigenvalue weighted by Gasteiger charge is -2.26. The molecule has 3 atom stereocenters. The first-order valence-corrected chi connectivity index (χ1v) is 8.75. The zero-order valence-corrected chi connectivity index (χ0v) is 14.1. The van der Waals surface area contributed by atoms with E-state index < -0.39 is 0 Å². The predicted molar refractivity (Wildman–Crippen MR) is 89.7 cm³/mol. The second-order valence-corrected chi connectivity index (χ2v) is 7.71. The molecule has 3 unspecified atom stereocenters. The molecule has 126 valence electrons. The van der Waals surface area contributed by atoms with Gasteiger partial charge in [0.2, 0.25) is 5.91 Å². The van der Waals surface area contributed by atoms with Crippen molar-refractivity contribution in [3.05, 3.63) is 35.6 Å². The summed E-state index contributed by atoms with van der Waals surface area (Å²) in [5.41, 5.74) is 0.821. The summed E-state index contributed by atoms with van der Waals surface area (Å²) in [7, 11) is 0. The van der Waals surface area contributed by atoms with Gasteiger partial charge in [0.15, 0.2) is 0 Å². The molecule has 1 aliphatic carbocycles. The number of carbonyl (C=O) groups is 1. The average molecular weight is 318 g/mol. The van der Waals surface area contributed by atoms with E-state index >= 15 is 0 Å². The Bertz CT molecular complexity index is 541. The van der Waals surface area contributed by atoms with Crippen LogP contribution in [0.25, 0.3) is 0 Å². The van der Waals surface area contributed by atoms with E-state index in [9.17, 15) is 9.18 Å². The van der Waals surface area contributed by atoms with Crippen LogP contribution in [0.15, 0.2) is 24.3 Å². The Morgan fingerprint density at radius 2 is 1.96 bits per heavy atom. The average Bonchev–Trinajstić information content (AvgIpc) is 2.97. The van der Waals surface area contributed by atoms with Gasteiger partial charge in [0.25, 0.3) is 0 Å². The van der Waals surface area contributed by atoms with Crippen molar-refractivity contribution in [3.63, 3.8) is 0 Å². The van der Waals surface area contributed by atoms with Crippen LogP contribution < -0.4 is 10.6 Å². The zero-order chi connectivity index (χ0) is 16.4. The summed E-state index contributed by atoms with van der Waals surface area (Å²) >= 11 is 0. The lowest BCUT2D eigenvalue weighted by Crippen LogP contribution is -2.46. The first-order chi connectivity index (χ1) is 11.0. The van der Waals surface area contributed by atoms with Crippen LogP contribution in [0, 0.1) is 11.7 Å². The molecule has 1 aliphatic heterocycles.